The first-order valence-electron chi connectivity index (χ1n) is 5.16. The summed E-state index contributed by atoms with van der Waals surface area (Å²) in [7, 11) is 0. The van der Waals surface area contributed by atoms with E-state index in [1.54, 1.807) is 12.3 Å². The van der Waals surface area contributed by atoms with E-state index in [9.17, 15) is 0 Å². The fourth-order valence-corrected chi connectivity index (χ4v) is 1.87. The Labute approximate surface area is 109 Å². The predicted molar refractivity (Wildman–Crippen MR) is 72.8 cm³/mol. The van der Waals surface area contributed by atoms with Crippen LogP contribution in [0.3, 0.4) is 0 Å². The van der Waals surface area contributed by atoms with Gasteiger partial charge in [-0.15, -0.1) is 0 Å². The zero-order chi connectivity index (χ0) is 12.7. The molecular weight excluding hydrogens is 284 g/mol. The van der Waals surface area contributed by atoms with Gasteiger partial charge in [0, 0.05) is 0 Å². The summed E-state index contributed by atoms with van der Waals surface area (Å²) in [6, 6.07) is 3.68. The van der Waals surface area contributed by atoms with E-state index in [-0.39, 0.29) is 0 Å². The number of nitrogens with zero attached hydrogens (tertiary/aromatic N) is 1. The van der Waals surface area contributed by atoms with Gasteiger partial charge in [-0.05, 0) is 40.5 Å². The van der Waals surface area contributed by atoms with Crippen molar-refractivity contribution in [3.8, 4) is 11.5 Å². The Kier molecular flexibility index (Phi) is 5.56. The minimum Gasteiger partial charge on any atom is -0.490 e. The van der Waals surface area contributed by atoms with Gasteiger partial charge in [0.15, 0.2) is 11.5 Å². The van der Waals surface area contributed by atoms with Crippen LogP contribution in [0.25, 0.3) is 0 Å². The molecule has 0 saturated carbocycles. The van der Waals surface area contributed by atoms with Crippen molar-refractivity contribution in [2.24, 2.45) is 10.9 Å². The second-order valence-corrected chi connectivity index (χ2v) is 4.00. The van der Waals surface area contributed by atoms with Crippen LogP contribution in [0.4, 0.5) is 0 Å². The molecule has 0 aliphatic rings. The normalized spacial score (nSPS) is 10.5. The maximum atomic E-state index is 5.54. The van der Waals surface area contributed by atoms with E-state index in [1.807, 2.05) is 19.1 Å². The molecule has 0 aliphatic heterocycles. The summed E-state index contributed by atoms with van der Waals surface area (Å²) in [4.78, 5) is 0. The van der Waals surface area contributed by atoms with E-state index >= 15 is 0 Å². The van der Waals surface area contributed by atoms with Crippen LogP contribution < -0.4 is 15.3 Å². The van der Waals surface area contributed by atoms with Crippen LogP contribution in [-0.2, 0) is 0 Å². The molecule has 1 aromatic rings. The van der Waals surface area contributed by atoms with Crippen LogP contribution in [0.2, 0.25) is 0 Å². The Morgan fingerprint density at radius 1 is 1.47 bits per heavy atom. The van der Waals surface area contributed by atoms with E-state index in [2.05, 4.69) is 27.6 Å². The SMILES string of the molecule is C=CCOc1c(Br)cc(C=NN)cc1OCC. The van der Waals surface area contributed by atoms with Crippen LogP contribution in [0, 0.1) is 0 Å². The Bertz CT molecular complexity index is 419. The minimum absolute atomic E-state index is 0.420. The Balaban J connectivity index is 3.12. The van der Waals surface area contributed by atoms with Crippen LogP contribution in [0.5, 0.6) is 11.5 Å². The average molecular weight is 299 g/mol. The molecule has 0 atom stereocenters. The second kappa shape index (κ2) is 6.96. The number of rotatable bonds is 6. The number of hydrazone groups is 1. The first-order chi connectivity index (χ1) is 8.22. The molecular formula is C12H15BrN2O2. The molecule has 2 N–H and O–H groups in total. The number of hydrogen-bond acceptors (Lipinski definition) is 4. The second-order valence-electron chi connectivity index (χ2n) is 3.14. The lowest BCUT2D eigenvalue weighted by Gasteiger charge is -2.13. The third kappa shape index (κ3) is 3.78. The third-order valence-corrected chi connectivity index (χ3v) is 2.49. The summed E-state index contributed by atoms with van der Waals surface area (Å²) in [6.07, 6.45) is 3.22. The van der Waals surface area contributed by atoms with E-state index in [4.69, 9.17) is 15.3 Å². The van der Waals surface area contributed by atoms with Crippen LogP contribution in [0.1, 0.15) is 12.5 Å². The minimum atomic E-state index is 0.420. The van der Waals surface area contributed by atoms with Gasteiger partial charge in [0.25, 0.3) is 0 Å². The lowest BCUT2D eigenvalue weighted by molar-refractivity contribution is 0.295. The number of nitrogens with two attached hydrogens (primary N) is 1. The maximum absolute atomic E-state index is 5.54. The van der Waals surface area contributed by atoms with Crippen molar-refractivity contribution in [1.82, 2.24) is 0 Å². The first kappa shape index (κ1) is 13.6. The Morgan fingerprint density at radius 2 is 2.24 bits per heavy atom. The monoisotopic (exact) mass is 298 g/mol. The summed E-state index contributed by atoms with van der Waals surface area (Å²) in [5.41, 5.74) is 0.841. The molecule has 0 unspecified atom stereocenters. The summed E-state index contributed by atoms with van der Waals surface area (Å²) < 4.78 is 11.8. The van der Waals surface area contributed by atoms with Crippen molar-refractivity contribution in [3.05, 3.63) is 34.8 Å². The number of ether oxygens (including phenoxy) is 2. The molecule has 1 aromatic carbocycles. The quantitative estimate of drug-likeness (QED) is 0.380. The lowest BCUT2D eigenvalue weighted by atomic mass is 10.2. The van der Waals surface area contributed by atoms with Gasteiger partial charge in [0.2, 0.25) is 0 Å². The molecule has 0 saturated heterocycles. The fourth-order valence-electron chi connectivity index (χ4n) is 1.29. The highest BCUT2D eigenvalue weighted by Crippen LogP contribution is 2.36. The van der Waals surface area contributed by atoms with Crippen molar-refractivity contribution in [3.63, 3.8) is 0 Å². The highest BCUT2D eigenvalue weighted by Gasteiger charge is 2.11. The van der Waals surface area contributed by atoms with Crippen LogP contribution in [-0.4, -0.2) is 19.4 Å². The van der Waals surface area contributed by atoms with Crippen molar-refractivity contribution in [2.45, 2.75) is 6.92 Å². The van der Waals surface area contributed by atoms with Gasteiger partial charge in [0.05, 0.1) is 17.3 Å². The van der Waals surface area contributed by atoms with E-state index in [0.29, 0.717) is 24.7 Å². The summed E-state index contributed by atoms with van der Waals surface area (Å²) in [5.74, 6) is 6.43. The highest BCUT2D eigenvalue weighted by atomic mass is 79.9. The molecule has 5 heteroatoms. The molecule has 0 radical (unpaired) electrons. The molecule has 1 rings (SSSR count). The molecule has 92 valence electrons. The summed E-state index contributed by atoms with van der Waals surface area (Å²) >= 11 is 3.43. The van der Waals surface area contributed by atoms with E-state index < -0.39 is 0 Å². The van der Waals surface area contributed by atoms with Gasteiger partial charge in [-0.2, -0.15) is 5.10 Å². The molecule has 17 heavy (non-hydrogen) atoms. The topological polar surface area (TPSA) is 56.8 Å². The molecule has 0 aromatic heterocycles. The molecule has 0 fully saturated rings. The van der Waals surface area contributed by atoms with Crippen molar-refractivity contribution in [1.29, 1.82) is 0 Å². The average Bonchev–Trinajstić information content (AvgIpc) is 2.29. The van der Waals surface area contributed by atoms with Gasteiger partial charge < -0.3 is 15.3 Å². The number of hydrogen-bond donors (Lipinski definition) is 1. The van der Waals surface area contributed by atoms with Crippen molar-refractivity contribution >= 4 is 22.1 Å². The van der Waals surface area contributed by atoms with Gasteiger partial charge in [-0.25, -0.2) is 0 Å². The maximum Gasteiger partial charge on any atom is 0.175 e. The van der Waals surface area contributed by atoms with Crippen LogP contribution >= 0.6 is 15.9 Å². The van der Waals surface area contributed by atoms with Gasteiger partial charge in [0.1, 0.15) is 6.61 Å². The standard InChI is InChI=1S/C12H15BrN2O2/c1-3-5-17-12-10(13)6-9(8-15-14)7-11(12)16-4-2/h3,6-8H,1,4-5,14H2,2H3. The van der Waals surface area contributed by atoms with E-state index in [1.165, 1.54) is 0 Å². The lowest BCUT2D eigenvalue weighted by Crippen LogP contribution is -2.01. The summed E-state index contributed by atoms with van der Waals surface area (Å²) in [6.45, 7) is 6.50. The molecule has 0 spiro atoms. The molecule has 0 heterocycles. The fraction of sp³-hybridized carbons (Fsp3) is 0.250. The van der Waals surface area contributed by atoms with Crippen LogP contribution in [0.15, 0.2) is 34.4 Å². The molecule has 0 bridgehead atoms. The summed E-state index contributed by atoms with van der Waals surface area (Å²) in [5, 5.41) is 3.48. The zero-order valence-electron chi connectivity index (χ0n) is 9.65. The number of halogens is 1. The number of benzene rings is 1. The highest BCUT2D eigenvalue weighted by molar-refractivity contribution is 9.10. The largest absolute Gasteiger partial charge is 0.490 e. The van der Waals surface area contributed by atoms with Gasteiger partial charge >= 0.3 is 0 Å². The third-order valence-electron chi connectivity index (χ3n) is 1.90. The zero-order valence-corrected chi connectivity index (χ0v) is 11.2. The molecule has 4 nitrogen and oxygen atoms in total. The van der Waals surface area contributed by atoms with Crippen molar-refractivity contribution < 1.29 is 9.47 Å². The van der Waals surface area contributed by atoms with Gasteiger partial charge in [-0.3, -0.25) is 0 Å². The van der Waals surface area contributed by atoms with E-state index in [0.717, 1.165) is 10.0 Å². The Hall–Kier alpha value is -1.49. The first-order valence-corrected chi connectivity index (χ1v) is 5.95. The van der Waals surface area contributed by atoms with Crippen molar-refractivity contribution in [2.75, 3.05) is 13.2 Å². The predicted octanol–water partition coefficient (Wildman–Crippen LogP) is 2.71. The van der Waals surface area contributed by atoms with Gasteiger partial charge in [-0.1, -0.05) is 12.7 Å². The smallest absolute Gasteiger partial charge is 0.175 e. The molecule has 0 aliphatic carbocycles. The Morgan fingerprint density at radius 3 is 2.82 bits per heavy atom. The molecule has 0 amide bonds.